The third-order valence-electron chi connectivity index (χ3n) is 0.917. The maximum absolute atomic E-state index is 10.1. The standard InChI is InChI=1S/C5H12O5S.C3H6/c1-9-2-3-10-4-5-11(6,7)8;1-3-2/h2-5H2,1H3,(H,6,7,8);3H,1H2,2H3. The summed E-state index contributed by atoms with van der Waals surface area (Å²) >= 11 is 0. The minimum atomic E-state index is -3.88. The average Bonchev–Trinajstić information content (AvgIpc) is 2.03. The van der Waals surface area contributed by atoms with Crippen LogP contribution in [0.25, 0.3) is 0 Å². The van der Waals surface area contributed by atoms with Gasteiger partial charge in [0.25, 0.3) is 10.1 Å². The lowest BCUT2D eigenvalue weighted by molar-refractivity contribution is 0.0781. The van der Waals surface area contributed by atoms with Crippen LogP contribution in [-0.4, -0.2) is 45.7 Å². The van der Waals surface area contributed by atoms with Crippen molar-refractivity contribution in [2.75, 3.05) is 32.7 Å². The molecule has 1 N–H and O–H groups in total. The number of rotatable bonds is 6. The van der Waals surface area contributed by atoms with Crippen LogP contribution in [0.3, 0.4) is 0 Å². The third kappa shape index (κ3) is 22.6. The van der Waals surface area contributed by atoms with E-state index in [4.69, 9.17) is 9.29 Å². The Labute approximate surface area is 85.5 Å². The summed E-state index contributed by atoms with van der Waals surface area (Å²) in [5.74, 6) is -0.364. The fraction of sp³-hybridized carbons (Fsp3) is 0.750. The Balaban J connectivity index is 0. The van der Waals surface area contributed by atoms with Crippen LogP contribution in [0, 0.1) is 0 Å². The molecule has 14 heavy (non-hydrogen) atoms. The largest absolute Gasteiger partial charge is 0.382 e. The molecule has 0 fully saturated rings. The molecule has 6 heteroatoms. The van der Waals surface area contributed by atoms with Gasteiger partial charge in [0.1, 0.15) is 0 Å². The highest BCUT2D eigenvalue weighted by Gasteiger charge is 2.02. The van der Waals surface area contributed by atoms with Crippen LogP contribution in [0.4, 0.5) is 0 Å². The van der Waals surface area contributed by atoms with Gasteiger partial charge >= 0.3 is 0 Å². The molecule has 0 aliphatic heterocycles. The van der Waals surface area contributed by atoms with Crippen molar-refractivity contribution >= 4 is 10.1 Å². The van der Waals surface area contributed by atoms with Gasteiger partial charge in [0.05, 0.1) is 25.6 Å². The SMILES string of the molecule is C=CC.COCCOCCS(=O)(=O)O. The molecule has 0 aliphatic rings. The molecule has 0 spiro atoms. The molecule has 5 nitrogen and oxygen atoms in total. The van der Waals surface area contributed by atoms with Gasteiger partial charge in [-0.2, -0.15) is 8.42 Å². The van der Waals surface area contributed by atoms with Crippen molar-refractivity contribution in [3.8, 4) is 0 Å². The summed E-state index contributed by atoms with van der Waals surface area (Å²) < 4.78 is 37.9. The van der Waals surface area contributed by atoms with E-state index in [2.05, 4.69) is 11.3 Å². The molecule has 0 rings (SSSR count). The highest BCUT2D eigenvalue weighted by Crippen LogP contribution is 1.83. The maximum atomic E-state index is 10.1. The van der Waals surface area contributed by atoms with Gasteiger partial charge in [0, 0.05) is 7.11 Å². The highest BCUT2D eigenvalue weighted by atomic mass is 32.2. The van der Waals surface area contributed by atoms with E-state index in [1.165, 1.54) is 7.11 Å². The quantitative estimate of drug-likeness (QED) is 0.410. The molecule has 0 saturated heterocycles. The fourth-order valence-electron chi connectivity index (χ4n) is 0.409. The maximum Gasteiger partial charge on any atom is 0.267 e. The van der Waals surface area contributed by atoms with E-state index in [1.54, 1.807) is 6.08 Å². The third-order valence-corrected chi connectivity index (χ3v) is 1.60. The summed E-state index contributed by atoms with van der Waals surface area (Å²) in [7, 11) is -2.36. The van der Waals surface area contributed by atoms with Crippen LogP contribution in [-0.2, 0) is 19.6 Å². The van der Waals surface area contributed by atoms with Crippen molar-refractivity contribution < 1.29 is 22.4 Å². The molecule has 0 unspecified atom stereocenters. The second-order valence-electron chi connectivity index (χ2n) is 2.30. The van der Waals surface area contributed by atoms with Crippen LogP contribution in [0.2, 0.25) is 0 Å². The van der Waals surface area contributed by atoms with Crippen molar-refractivity contribution in [1.29, 1.82) is 0 Å². The first kappa shape index (κ1) is 16.0. The smallest absolute Gasteiger partial charge is 0.267 e. The second-order valence-corrected chi connectivity index (χ2v) is 3.87. The Kier molecular flexibility index (Phi) is 12.2. The topological polar surface area (TPSA) is 72.8 Å². The number of hydrogen-bond donors (Lipinski definition) is 1. The van der Waals surface area contributed by atoms with E-state index in [-0.39, 0.29) is 12.4 Å². The highest BCUT2D eigenvalue weighted by molar-refractivity contribution is 7.85. The molecule has 0 atom stereocenters. The van der Waals surface area contributed by atoms with Crippen LogP contribution < -0.4 is 0 Å². The Morgan fingerprint density at radius 1 is 1.36 bits per heavy atom. The molecule has 0 radical (unpaired) electrons. The van der Waals surface area contributed by atoms with Crippen molar-refractivity contribution in [3.05, 3.63) is 12.7 Å². The molecule has 0 aromatic heterocycles. The van der Waals surface area contributed by atoms with E-state index in [0.717, 1.165) is 0 Å². The summed E-state index contributed by atoms with van der Waals surface area (Å²) in [5, 5.41) is 0. The molecule has 0 aromatic carbocycles. The van der Waals surface area contributed by atoms with Crippen molar-refractivity contribution in [1.82, 2.24) is 0 Å². The summed E-state index contributed by atoms with van der Waals surface area (Å²) in [5.41, 5.74) is 0. The summed E-state index contributed by atoms with van der Waals surface area (Å²) in [6, 6.07) is 0. The van der Waals surface area contributed by atoms with Crippen LogP contribution in [0.5, 0.6) is 0 Å². The first-order chi connectivity index (χ1) is 6.47. The molecular formula is C8H18O5S. The van der Waals surface area contributed by atoms with Crippen LogP contribution in [0.1, 0.15) is 6.92 Å². The van der Waals surface area contributed by atoms with Crippen molar-refractivity contribution in [2.45, 2.75) is 6.92 Å². The zero-order valence-corrected chi connectivity index (χ0v) is 9.42. The number of methoxy groups -OCH3 is 1. The molecule has 0 amide bonds. The zero-order valence-electron chi connectivity index (χ0n) is 8.60. The number of ether oxygens (including phenoxy) is 2. The lowest BCUT2D eigenvalue weighted by atomic mass is 10.7. The van der Waals surface area contributed by atoms with Gasteiger partial charge in [-0.1, -0.05) is 6.08 Å². The predicted octanol–water partition coefficient (Wildman–Crippen LogP) is 0.730. The van der Waals surface area contributed by atoms with E-state index in [1.807, 2.05) is 6.92 Å². The van der Waals surface area contributed by atoms with E-state index in [9.17, 15) is 8.42 Å². The molecule has 0 aromatic rings. The van der Waals surface area contributed by atoms with Gasteiger partial charge in [-0.15, -0.1) is 6.58 Å². The van der Waals surface area contributed by atoms with Crippen LogP contribution in [0.15, 0.2) is 12.7 Å². The number of hydrogen-bond acceptors (Lipinski definition) is 4. The summed E-state index contributed by atoms with van der Waals surface area (Å²) in [6.45, 7) is 6.01. The van der Waals surface area contributed by atoms with Gasteiger partial charge in [-0.3, -0.25) is 4.55 Å². The second kappa shape index (κ2) is 10.6. The minimum Gasteiger partial charge on any atom is -0.382 e. The lowest BCUT2D eigenvalue weighted by Gasteiger charge is -2.00. The molecule has 0 saturated carbocycles. The molecule has 0 heterocycles. The van der Waals surface area contributed by atoms with Crippen molar-refractivity contribution in [2.24, 2.45) is 0 Å². The zero-order chi connectivity index (χ0) is 11.4. The normalized spacial score (nSPS) is 10.2. The predicted molar refractivity (Wildman–Crippen MR) is 55.0 cm³/mol. The van der Waals surface area contributed by atoms with E-state index < -0.39 is 10.1 Å². The van der Waals surface area contributed by atoms with Gasteiger partial charge < -0.3 is 9.47 Å². The molecular weight excluding hydrogens is 208 g/mol. The molecule has 86 valence electrons. The average molecular weight is 226 g/mol. The Hall–Kier alpha value is -0.430. The van der Waals surface area contributed by atoms with E-state index in [0.29, 0.717) is 13.2 Å². The Morgan fingerprint density at radius 3 is 2.21 bits per heavy atom. The first-order valence-electron chi connectivity index (χ1n) is 4.06. The number of allylic oxidation sites excluding steroid dienone is 1. The van der Waals surface area contributed by atoms with Crippen LogP contribution >= 0.6 is 0 Å². The fourth-order valence-corrected chi connectivity index (χ4v) is 0.737. The molecule has 0 bridgehead atoms. The first-order valence-corrected chi connectivity index (χ1v) is 5.67. The van der Waals surface area contributed by atoms with Gasteiger partial charge in [0.2, 0.25) is 0 Å². The monoisotopic (exact) mass is 226 g/mol. The van der Waals surface area contributed by atoms with E-state index >= 15 is 0 Å². The van der Waals surface area contributed by atoms with Gasteiger partial charge in [-0.25, -0.2) is 0 Å². The van der Waals surface area contributed by atoms with Gasteiger partial charge in [0.15, 0.2) is 0 Å². The van der Waals surface area contributed by atoms with Crippen molar-refractivity contribution in [3.63, 3.8) is 0 Å². The van der Waals surface area contributed by atoms with Gasteiger partial charge in [-0.05, 0) is 6.92 Å². The molecule has 0 aliphatic carbocycles. The minimum absolute atomic E-state index is 0.00218. The Bertz CT molecular complexity index is 210. The summed E-state index contributed by atoms with van der Waals surface area (Å²) in [6.07, 6.45) is 1.75. The lowest BCUT2D eigenvalue weighted by Crippen LogP contribution is -2.12. The Morgan fingerprint density at radius 2 is 1.86 bits per heavy atom. The summed E-state index contributed by atoms with van der Waals surface area (Å²) in [4.78, 5) is 0.